The molecular weight excluding hydrogens is 599 g/mol. The van der Waals surface area contributed by atoms with Crippen LogP contribution in [0.15, 0.2) is 176 Å². The van der Waals surface area contributed by atoms with Gasteiger partial charge < -0.3 is 0 Å². The lowest BCUT2D eigenvalue weighted by Crippen LogP contribution is -2.01. The molecule has 9 rings (SSSR count). The molecule has 0 N–H and O–H groups in total. The predicted molar refractivity (Wildman–Crippen MR) is 199 cm³/mol. The van der Waals surface area contributed by atoms with Gasteiger partial charge in [0, 0.05) is 44.8 Å². The van der Waals surface area contributed by atoms with Crippen LogP contribution in [0, 0.1) is 0 Å². The van der Waals surface area contributed by atoms with Gasteiger partial charge in [-0.3, -0.25) is 4.40 Å². The van der Waals surface area contributed by atoms with Gasteiger partial charge in [0.25, 0.3) is 0 Å². The largest absolute Gasteiger partial charge is 0.284 e. The van der Waals surface area contributed by atoms with E-state index in [0.717, 1.165) is 72.6 Å². The first-order chi connectivity index (χ1) is 24.3. The van der Waals surface area contributed by atoms with Crippen molar-refractivity contribution in [2.24, 2.45) is 0 Å². The zero-order valence-electron chi connectivity index (χ0n) is 26.5. The van der Waals surface area contributed by atoms with Gasteiger partial charge in [0.05, 0.1) is 11.4 Å². The van der Waals surface area contributed by atoms with Crippen LogP contribution in [0.4, 0.5) is 0 Å². The smallest absolute Gasteiger partial charge is 0.163 e. The van der Waals surface area contributed by atoms with Crippen LogP contribution in [0.2, 0.25) is 0 Å². The first kappa shape index (κ1) is 28.5. The highest BCUT2D eigenvalue weighted by Gasteiger charge is 2.16. The van der Waals surface area contributed by atoms with Crippen LogP contribution in [0.3, 0.4) is 0 Å². The van der Waals surface area contributed by atoms with Crippen LogP contribution in [-0.4, -0.2) is 24.3 Å². The summed E-state index contributed by atoms with van der Waals surface area (Å²) in [6, 6.07) is 58.2. The molecule has 0 aliphatic heterocycles. The average molecular weight is 628 g/mol. The Morgan fingerprint density at radius 2 is 0.857 bits per heavy atom. The van der Waals surface area contributed by atoms with Crippen LogP contribution in [0.5, 0.6) is 0 Å². The first-order valence-electron chi connectivity index (χ1n) is 16.3. The molecule has 0 aliphatic carbocycles. The standard InChI is InChI=1S/C44H29N5/c1-4-13-31(14-5-1)39-28-40(46-41(45-39)33-15-6-2-7-16-33)32-25-23-30(24-26-32)35-20-12-21-36(27-35)43-47-42(34-17-8-3-9-18-34)48-44-38-22-11-10-19-37(38)29-49(43)44/h1-29H. The number of fused-ring (bicyclic) bond motifs is 3. The third kappa shape index (κ3) is 5.43. The van der Waals surface area contributed by atoms with Gasteiger partial charge >= 0.3 is 0 Å². The van der Waals surface area contributed by atoms with Gasteiger partial charge in [-0.1, -0.05) is 158 Å². The molecule has 5 heteroatoms. The average Bonchev–Trinajstić information content (AvgIpc) is 3.57. The van der Waals surface area contributed by atoms with Crippen molar-refractivity contribution in [2.45, 2.75) is 0 Å². The molecule has 0 aliphatic rings. The number of rotatable bonds is 6. The molecule has 0 saturated carbocycles. The Bertz CT molecular complexity index is 2520. The molecule has 0 saturated heterocycles. The monoisotopic (exact) mass is 627 g/mol. The second kappa shape index (κ2) is 12.1. The Morgan fingerprint density at radius 1 is 0.347 bits per heavy atom. The maximum Gasteiger partial charge on any atom is 0.163 e. The summed E-state index contributed by atoms with van der Waals surface area (Å²) in [5, 5.41) is 2.23. The highest BCUT2D eigenvalue weighted by atomic mass is 15.1. The van der Waals surface area contributed by atoms with Gasteiger partial charge in [0.15, 0.2) is 11.6 Å². The van der Waals surface area contributed by atoms with Crippen molar-refractivity contribution in [2.75, 3.05) is 0 Å². The van der Waals surface area contributed by atoms with Crippen LogP contribution in [-0.2, 0) is 0 Å². The third-order valence-electron chi connectivity index (χ3n) is 8.84. The highest BCUT2D eigenvalue weighted by Crippen LogP contribution is 2.33. The number of hydrogen-bond donors (Lipinski definition) is 0. The Hall–Kier alpha value is -6.72. The van der Waals surface area contributed by atoms with Crippen molar-refractivity contribution < 1.29 is 0 Å². The molecule has 0 spiro atoms. The molecule has 0 atom stereocenters. The van der Waals surface area contributed by atoms with E-state index >= 15 is 0 Å². The lowest BCUT2D eigenvalue weighted by molar-refractivity contribution is 1.05. The summed E-state index contributed by atoms with van der Waals surface area (Å²) >= 11 is 0. The Morgan fingerprint density at radius 3 is 1.53 bits per heavy atom. The zero-order chi connectivity index (χ0) is 32.6. The molecule has 0 amide bonds. The molecule has 49 heavy (non-hydrogen) atoms. The molecule has 230 valence electrons. The molecule has 0 fully saturated rings. The molecule has 3 aromatic heterocycles. The van der Waals surface area contributed by atoms with E-state index in [1.807, 2.05) is 54.6 Å². The molecule has 6 aromatic carbocycles. The van der Waals surface area contributed by atoms with Crippen LogP contribution >= 0.6 is 0 Å². The number of nitrogens with zero attached hydrogens (tertiary/aromatic N) is 5. The Balaban J connectivity index is 1.12. The lowest BCUT2D eigenvalue weighted by Gasteiger charge is -2.11. The van der Waals surface area contributed by atoms with Gasteiger partial charge in [-0.15, -0.1) is 0 Å². The highest BCUT2D eigenvalue weighted by molar-refractivity contribution is 5.96. The molecule has 5 nitrogen and oxygen atoms in total. The van der Waals surface area contributed by atoms with Gasteiger partial charge in [-0.25, -0.2) is 19.9 Å². The van der Waals surface area contributed by atoms with Gasteiger partial charge in [-0.2, -0.15) is 0 Å². The van der Waals surface area contributed by atoms with Gasteiger partial charge in [0.1, 0.15) is 11.5 Å². The number of benzene rings is 6. The van der Waals surface area contributed by atoms with Crippen LogP contribution in [0.1, 0.15) is 0 Å². The van der Waals surface area contributed by atoms with E-state index in [1.54, 1.807) is 0 Å². The fourth-order valence-electron chi connectivity index (χ4n) is 6.36. The van der Waals surface area contributed by atoms with Crippen molar-refractivity contribution in [3.8, 4) is 67.8 Å². The van der Waals surface area contributed by atoms with Crippen molar-refractivity contribution >= 4 is 16.4 Å². The fourth-order valence-corrected chi connectivity index (χ4v) is 6.36. The maximum absolute atomic E-state index is 5.13. The second-order valence-electron chi connectivity index (χ2n) is 12.0. The molecule has 0 bridgehead atoms. The summed E-state index contributed by atoms with van der Waals surface area (Å²) in [4.78, 5) is 20.1. The summed E-state index contributed by atoms with van der Waals surface area (Å²) in [6.45, 7) is 0. The topological polar surface area (TPSA) is 56.0 Å². The van der Waals surface area contributed by atoms with Crippen molar-refractivity contribution in [3.63, 3.8) is 0 Å². The van der Waals surface area contributed by atoms with E-state index in [-0.39, 0.29) is 0 Å². The summed E-state index contributed by atoms with van der Waals surface area (Å²) in [6.07, 6.45) is 2.13. The molecule has 0 unspecified atom stereocenters. The van der Waals surface area contributed by atoms with Crippen molar-refractivity contribution in [1.82, 2.24) is 24.3 Å². The molecule has 3 heterocycles. The summed E-state index contributed by atoms with van der Waals surface area (Å²) in [5.41, 5.74) is 9.95. The van der Waals surface area contributed by atoms with E-state index < -0.39 is 0 Å². The minimum Gasteiger partial charge on any atom is -0.284 e. The van der Waals surface area contributed by atoms with E-state index in [0.29, 0.717) is 11.6 Å². The second-order valence-corrected chi connectivity index (χ2v) is 12.0. The minimum atomic E-state index is 0.705. The number of aromatic nitrogens is 5. The van der Waals surface area contributed by atoms with E-state index in [9.17, 15) is 0 Å². The predicted octanol–water partition coefficient (Wildman–Crippen LogP) is 10.7. The molecular formula is C44H29N5. The normalized spacial score (nSPS) is 11.3. The number of hydrogen-bond acceptors (Lipinski definition) is 4. The van der Waals surface area contributed by atoms with Crippen LogP contribution < -0.4 is 0 Å². The summed E-state index contributed by atoms with van der Waals surface area (Å²) < 4.78 is 2.11. The summed E-state index contributed by atoms with van der Waals surface area (Å²) in [7, 11) is 0. The summed E-state index contributed by atoms with van der Waals surface area (Å²) in [5.74, 6) is 2.26. The minimum absolute atomic E-state index is 0.705. The van der Waals surface area contributed by atoms with Crippen LogP contribution in [0.25, 0.3) is 84.2 Å². The lowest BCUT2D eigenvalue weighted by atomic mass is 10.00. The maximum atomic E-state index is 5.13. The van der Waals surface area contributed by atoms with Crippen molar-refractivity contribution in [3.05, 3.63) is 176 Å². The quantitative estimate of drug-likeness (QED) is 0.184. The van der Waals surface area contributed by atoms with Gasteiger partial charge in [0.2, 0.25) is 0 Å². The fraction of sp³-hybridized carbons (Fsp3) is 0. The van der Waals surface area contributed by atoms with Gasteiger partial charge in [-0.05, 0) is 23.3 Å². The zero-order valence-corrected chi connectivity index (χ0v) is 26.5. The Kier molecular flexibility index (Phi) is 7.06. The SMILES string of the molecule is c1ccc(-c2cc(-c3ccc(-c4cccc(-c5nc(-c6ccccc6)nc6c7ccccc7cn56)c4)cc3)nc(-c3ccccc3)n2)cc1. The van der Waals surface area contributed by atoms with E-state index in [2.05, 4.69) is 126 Å². The van der Waals surface area contributed by atoms with E-state index in [4.69, 9.17) is 19.9 Å². The Labute approximate surface area is 283 Å². The molecule has 0 radical (unpaired) electrons. The first-order valence-corrected chi connectivity index (χ1v) is 16.3. The molecule has 9 aromatic rings. The van der Waals surface area contributed by atoms with E-state index in [1.165, 1.54) is 0 Å². The third-order valence-corrected chi connectivity index (χ3v) is 8.84. The van der Waals surface area contributed by atoms with Crippen molar-refractivity contribution in [1.29, 1.82) is 0 Å².